The van der Waals surface area contributed by atoms with Crippen molar-refractivity contribution in [3.63, 3.8) is 0 Å². The SMILES string of the molecule is CCOc1ccc(/C(O)=C2/C(=O)C(=O)N(C3CCCC3)C2c2ccc(O)cc2)c(OCC)c1. The Bertz CT molecular complexity index is 1070. The first-order chi connectivity index (χ1) is 16.0. The number of Topliss-reactive ketones (excluding diaryl/α,β-unsaturated/α-hetero) is 1. The van der Waals surface area contributed by atoms with Crippen LogP contribution in [-0.2, 0) is 9.59 Å². The van der Waals surface area contributed by atoms with Crippen LogP contribution in [-0.4, -0.2) is 46.1 Å². The minimum Gasteiger partial charge on any atom is -0.508 e. The standard InChI is InChI=1S/C26H29NO6/c1-3-32-19-13-14-20(21(15-19)33-4-2)24(29)22-23(16-9-11-18(28)12-10-16)27(26(31)25(22)30)17-7-5-6-8-17/h9-15,17,23,28-29H,3-8H2,1-2H3/b24-22-. The number of benzene rings is 2. The summed E-state index contributed by atoms with van der Waals surface area (Å²) in [5, 5.41) is 21.2. The molecule has 2 N–H and O–H groups in total. The number of likely N-dealkylation sites (tertiary alicyclic amines) is 1. The van der Waals surface area contributed by atoms with E-state index in [-0.39, 0.29) is 23.1 Å². The van der Waals surface area contributed by atoms with Crippen molar-refractivity contribution < 1.29 is 29.3 Å². The number of aliphatic hydroxyl groups is 1. The van der Waals surface area contributed by atoms with Crippen LogP contribution in [0, 0.1) is 0 Å². The summed E-state index contributed by atoms with van der Waals surface area (Å²) in [4.78, 5) is 28.0. The Labute approximate surface area is 193 Å². The Kier molecular flexibility index (Phi) is 6.58. The number of hydrogen-bond donors (Lipinski definition) is 2. The lowest BCUT2D eigenvalue weighted by molar-refractivity contribution is -0.141. The van der Waals surface area contributed by atoms with Crippen LogP contribution in [0.15, 0.2) is 48.0 Å². The van der Waals surface area contributed by atoms with Crippen molar-refractivity contribution in [2.24, 2.45) is 0 Å². The molecular formula is C26H29NO6. The van der Waals surface area contributed by atoms with Gasteiger partial charge in [0.15, 0.2) is 0 Å². The normalized spacial score (nSPS) is 20.4. The van der Waals surface area contributed by atoms with E-state index in [9.17, 15) is 19.8 Å². The van der Waals surface area contributed by atoms with Crippen LogP contribution in [0.3, 0.4) is 0 Å². The zero-order chi connectivity index (χ0) is 23.5. The van der Waals surface area contributed by atoms with Crippen LogP contribution in [0.1, 0.15) is 56.7 Å². The molecule has 1 unspecified atom stereocenters. The number of carbonyl (C=O) groups excluding carboxylic acids is 2. The molecule has 0 radical (unpaired) electrons. The first-order valence-corrected chi connectivity index (χ1v) is 11.4. The summed E-state index contributed by atoms with van der Waals surface area (Å²) in [6.45, 7) is 4.53. The third-order valence-corrected chi connectivity index (χ3v) is 6.23. The van der Waals surface area contributed by atoms with Gasteiger partial charge in [0, 0.05) is 12.1 Å². The molecule has 1 atom stereocenters. The maximum absolute atomic E-state index is 13.3. The van der Waals surface area contributed by atoms with E-state index in [2.05, 4.69) is 0 Å². The van der Waals surface area contributed by atoms with Crippen LogP contribution in [0.2, 0.25) is 0 Å². The quantitative estimate of drug-likeness (QED) is 0.364. The number of carbonyl (C=O) groups is 2. The Hall–Kier alpha value is -3.48. The predicted molar refractivity (Wildman–Crippen MR) is 123 cm³/mol. The van der Waals surface area contributed by atoms with Gasteiger partial charge in [-0.1, -0.05) is 25.0 Å². The van der Waals surface area contributed by atoms with Crippen molar-refractivity contribution >= 4 is 17.4 Å². The van der Waals surface area contributed by atoms with Crippen LogP contribution < -0.4 is 9.47 Å². The molecule has 0 spiro atoms. The summed E-state index contributed by atoms with van der Waals surface area (Å²) in [7, 11) is 0. The molecular weight excluding hydrogens is 422 g/mol. The second-order valence-corrected chi connectivity index (χ2v) is 8.26. The zero-order valence-electron chi connectivity index (χ0n) is 18.9. The van der Waals surface area contributed by atoms with Gasteiger partial charge in [-0.2, -0.15) is 0 Å². The average molecular weight is 452 g/mol. The molecule has 1 amide bonds. The number of hydrogen-bond acceptors (Lipinski definition) is 6. The van der Waals surface area contributed by atoms with Gasteiger partial charge in [-0.25, -0.2) is 0 Å². The highest BCUT2D eigenvalue weighted by Gasteiger charge is 2.49. The Morgan fingerprint density at radius 2 is 1.67 bits per heavy atom. The molecule has 0 bridgehead atoms. The van der Waals surface area contributed by atoms with Gasteiger partial charge < -0.3 is 24.6 Å². The molecule has 0 aromatic heterocycles. The van der Waals surface area contributed by atoms with Gasteiger partial charge in [-0.05, 0) is 56.5 Å². The van der Waals surface area contributed by atoms with Crippen molar-refractivity contribution in [1.29, 1.82) is 0 Å². The van der Waals surface area contributed by atoms with Gasteiger partial charge in [0.05, 0.1) is 30.4 Å². The zero-order valence-corrected chi connectivity index (χ0v) is 18.9. The van der Waals surface area contributed by atoms with Crippen LogP contribution in [0.4, 0.5) is 0 Å². The number of aliphatic hydroxyl groups excluding tert-OH is 1. The maximum Gasteiger partial charge on any atom is 0.295 e. The first kappa shape index (κ1) is 22.7. The molecule has 4 rings (SSSR count). The molecule has 33 heavy (non-hydrogen) atoms. The van der Waals surface area contributed by atoms with Gasteiger partial charge in [0.2, 0.25) is 0 Å². The number of ether oxygens (including phenoxy) is 2. The highest BCUT2D eigenvalue weighted by molar-refractivity contribution is 6.46. The summed E-state index contributed by atoms with van der Waals surface area (Å²) >= 11 is 0. The van der Waals surface area contributed by atoms with E-state index in [1.54, 1.807) is 35.2 Å². The van der Waals surface area contributed by atoms with Crippen LogP contribution in [0.5, 0.6) is 17.2 Å². The van der Waals surface area contributed by atoms with Crippen molar-refractivity contribution in [2.75, 3.05) is 13.2 Å². The van der Waals surface area contributed by atoms with E-state index in [1.165, 1.54) is 12.1 Å². The summed E-state index contributed by atoms with van der Waals surface area (Å²) in [5.74, 6) is -0.559. The van der Waals surface area contributed by atoms with Crippen LogP contribution >= 0.6 is 0 Å². The third-order valence-electron chi connectivity index (χ3n) is 6.23. The van der Waals surface area contributed by atoms with E-state index in [4.69, 9.17) is 9.47 Å². The van der Waals surface area contributed by atoms with Gasteiger partial charge in [0.25, 0.3) is 11.7 Å². The predicted octanol–water partition coefficient (Wildman–Crippen LogP) is 4.55. The Morgan fingerprint density at radius 3 is 2.30 bits per heavy atom. The molecule has 2 fully saturated rings. The topological polar surface area (TPSA) is 96.3 Å². The van der Waals surface area contributed by atoms with E-state index in [1.807, 2.05) is 13.8 Å². The summed E-state index contributed by atoms with van der Waals surface area (Å²) in [5.41, 5.74) is 1.01. The van der Waals surface area contributed by atoms with Crippen LogP contribution in [0.25, 0.3) is 5.76 Å². The van der Waals surface area contributed by atoms with E-state index in [0.29, 0.717) is 35.8 Å². The second kappa shape index (κ2) is 9.57. The number of amides is 1. The van der Waals surface area contributed by atoms with Crippen molar-refractivity contribution in [2.45, 2.75) is 51.6 Å². The molecule has 1 aliphatic carbocycles. The Morgan fingerprint density at radius 1 is 1.00 bits per heavy atom. The van der Waals surface area contributed by atoms with Gasteiger partial charge in [0.1, 0.15) is 23.0 Å². The lowest BCUT2D eigenvalue weighted by Crippen LogP contribution is -2.37. The lowest BCUT2D eigenvalue weighted by Gasteiger charge is -2.30. The lowest BCUT2D eigenvalue weighted by atomic mass is 9.94. The molecule has 174 valence electrons. The van der Waals surface area contributed by atoms with Crippen molar-refractivity contribution in [1.82, 2.24) is 4.90 Å². The van der Waals surface area contributed by atoms with Gasteiger partial charge in [-0.15, -0.1) is 0 Å². The molecule has 2 aliphatic rings. The number of rotatable bonds is 7. The van der Waals surface area contributed by atoms with Crippen molar-refractivity contribution in [3.05, 3.63) is 59.2 Å². The van der Waals surface area contributed by atoms with Crippen molar-refractivity contribution in [3.8, 4) is 17.2 Å². The van der Waals surface area contributed by atoms with E-state index >= 15 is 0 Å². The number of nitrogens with zero attached hydrogens (tertiary/aromatic N) is 1. The highest BCUT2D eigenvalue weighted by atomic mass is 16.5. The number of phenolic OH excluding ortho intramolecular Hbond substituents is 1. The second-order valence-electron chi connectivity index (χ2n) is 8.26. The summed E-state index contributed by atoms with van der Waals surface area (Å²) in [6, 6.07) is 10.6. The minimum absolute atomic E-state index is 0.0303. The fourth-order valence-electron chi connectivity index (χ4n) is 4.77. The van der Waals surface area contributed by atoms with Gasteiger partial charge >= 0.3 is 0 Å². The van der Waals surface area contributed by atoms with E-state index < -0.39 is 17.7 Å². The fourth-order valence-corrected chi connectivity index (χ4v) is 4.77. The molecule has 1 saturated carbocycles. The third kappa shape index (κ3) is 4.27. The van der Waals surface area contributed by atoms with E-state index in [0.717, 1.165) is 25.7 Å². The largest absolute Gasteiger partial charge is 0.508 e. The minimum atomic E-state index is -0.741. The first-order valence-electron chi connectivity index (χ1n) is 11.4. The smallest absolute Gasteiger partial charge is 0.295 e. The highest BCUT2D eigenvalue weighted by Crippen LogP contribution is 2.45. The Balaban J connectivity index is 1.88. The maximum atomic E-state index is 13.3. The molecule has 2 aromatic rings. The molecule has 7 heteroatoms. The fraction of sp³-hybridized carbons (Fsp3) is 0.385. The molecule has 2 aromatic carbocycles. The molecule has 1 aliphatic heterocycles. The average Bonchev–Trinajstić information content (AvgIpc) is 3.42. The molecule has 1 heterocycles. The monoisotopic (exact) mass is 451 g/mol. The molecule has 1 saturated heterocycles. The number of ketones is 1. The molecule has 7 nitrogen and oxygen atoms in total. The van der Waals surface area contributed by atoms with Gasteiger partial charge in [-0.3, -0.25) is 9.59 Å². The number of phenols is 1. The summed E-state index contributed by atoms with van der Waals surface area (Å²) in [6.07, 6.45) is 3.61. The summed E-state index contributed by atoms with van der Waals surface area (Å²) < 4.78 is 11.3. The number of aromatic hydroxyl groups is 1.